The number of nitrogens with zero attached hydrogens (tertiary/aromatic N) is 3. The Morgan fingerprint density at radius 2 is 1.83 bits per heavy atom. The lowest BCUT2D eigenvalue weighted by Crippen LogP contribution is -2.26. The minimum atomic E-state index is -0.0884. The average molecular weight is 390 g/mol. The van der Waals surface area contributed by atoms with Gasteiger partial charge < -0.3 is 14.6 Å². The molecule has 1 fully saturated rings. The molecule has 4 rings (SSSR count). The number of amides is 1. The van der Waals surface area contributed by atoms with E-state index in [1.807, 2.05) is 42.6 Å². The van der Waals surface area contributed by atoms with E-state index >= 15 is 0 Å². The standard InChI is InChI=1S/C23H26N4O2/c28-22(14-20-17-29-23(26-20)19-8-4-3-5-9-19)25-16-18-10-11-21(24-15-18)27-12-6-1-2-7-13-27/h3-5,8-11,15,17H,1-2,6-7,12-14,16H2,(H,25,28). The summed E-state index contributed by atoms with van der Waals surface area (Å²) in [6.45, 7) is 2.60. The molecule has 0 atom stereocenters. The van der Waals surface area contributed by atoms with Crippen molar-refractivity contribution < 1.29 is 9.21 Å². The maximum absolute atomic E-state index is 12.3. The summed E-state index contributed by atoms with van der Waals surface area (Å²) in [6, 6.07) is 13.7. The number of benzene rings is 1. The number of hydrogen-bond acceptors (Lipinski definition) is 5. The Morgan fingerprint density at radius 3 is 2.55 bits per heavy atom. The number of anilines is 1. The van der Waals surface area contributed by atoms with Crippen molar-refractivity contribution in [1.29, 1.82) is 0 Å². The highest BCUT2D eigenvalue weighted by Crippen LogP contribution is 2.19. The molecular formula is C23H26N4O2. The Balaban J connectivity index is 1.28. The third-order valence-corrected chi connectivity index (χ3v) is 5.14. The fraction of sp³-hybridized carbons (Fsp3) is 0.348. The Kier molecular flexibility index (Phi) is 6.19. The van der Waals surface area contributed by atoms with Crippen molar-refractivity contribution in [2.75, 3.05) is 18.0 Å². The maximum Gasteiger partial charge on any atom is 0.226 e. The third-order valence-electron chi connectivity index (χ3n) is 5.14. The summed E-state index contributed by atoms with van der Waals surface area (Å²) in [5, 5.41) is 2.93. The topological polar surface area (TPSA) is 71.3 Å². The van der Waals surface area contributed by atoms with Gasteiger partial charge in [0.2, 0.25) is 11.8 Å². The van der Waals surface area contributed by atoms with Crippen molar-refractivity contribution in [3.05, 3.63) is 66.2 Å². The second-order valence-electron chi connectivity index (χ2n) is 7.39. The summed E-state index contributed by atoms with van der Waals surface area (Å²) in [5.41, 5.74) is 2.51. The molecule has 1 aliphatic rings. The Labute approximate surface area is 171 Å². The van der Waals surface area contributed by atoms with E-state index in [9.17, 15) is 4.79 Å². The van der Waals surface area contributed by atoms with E-state index in [4.69, 9.17) is 4.42 Å². The number of carbonyl (C=O) groups excluding carboxylic acids is 1. The molecule has 1 amide bonds. The smallest absolute Gasteiger partial charge is 0.226 e. The lowest BCUT2D eigenvalue weighted by atomic mass is 10.2. The zero-order valence-corrected chi connectivity index (χ0v) is 16.5. The fourth-order valence-corrected chi connectivity index (χ4v) is 3.54. The van der Waals surface area contributed by atoms with E-state index in [-0.39, 0.29) is 12.3 Å². The van der Waals surface area contributed by atoms with Crippen molar-refractivity contribution in [1.82, 2.24) is 15.3 Å². The van der Waals surface area contributed by atoms with Crippen LogP contribution in [0.25, 0.3) is 11.5 Å². The third kappa shape index (κ3) is 5.22. The van der Waals surface area contributed by atoms with Gasteiger partial charge in [0.05, 0.1) is 12.1 Å². The monoisotopic (exact) mass is 390 g/mol. The number of hydrogen-bond donors (Lipinski definition) is 1. The largest absolute Gasteiger partial charge is 0.444 e. The van der Waals surface area contributed by atoms with Gasteiger partial charge in [-0.1, -0.05) is 37.1 Å². The molecule has 1 aliphatic heterocycles. The van der Waals surface area contributed by atoms with E-state index in [0.717, 1.165) is 30.0 Å². The molecule has 1 N–H and O–H groups in total. The second kappa shape index (κ2) is 9.37. The van der Waals surface area contributed by atoms with Crippen molar-refractivity contribution in [2.24, 2.45) is 0 Å². The first-order chi connectivity index (χ1) is 14.3. The molecule has 0 spiro atoms. The average Bonchev–Trinajstić information content (AvgIpc) is 3.05. The number of aromatic nitrogens is 2. The molecule has 1 saturated heterocycles. The molecule has 0 saturated carbocycles. The van der Waals surface area contributed by atoms with Crippen LogP contribution in [-0.2, 0) is 17.8 Å². The van der Waals surface area contributed by atoms with Crippen LogP contribution in [0.15, 0.2) is 59.3 Å². The van der Waals surface area contributed by atoms with Gasteiger partial charge in [-0.2, -0.15) is 0 Å². The predicted molar refractivity (Wildman–Crippen MR) is 112 cm³/mol. The van der Waals surface area contributed by atoms with Gasteiger partial charge in [0.1, 0.15) is 12.1 Å². The minimum Gasteiger partial charge on any atom is -0.444 e. The van der Waals surface area contributed by atoms with Crippen LogP contribution in [0.1, 0.15) is 36.9 Å². The van der Waals surface area contributed by atoms with Crippen LogP contribution in [0.3, 0.4) is 0 Å². The number of pyridine rings is 1. The van der Waals surface area contributed by atoms with Gasteiger partial charge in [-0.25, -0.2) is 9.97 Å². The van der Waals surface area contributed by atoms with Gasteiger partial charge in [0, 0.05) is 31.4 Å². The molecule has 0 radical (unpaired) electrons. The SMILES string of the molecule is O=C(Cc1coc(-c2ccccc2)n1)NCc1ccc(N2CCCCCC2)nc1. The molecule has 0 aliphatic carbocycles. The molecule has 6 heteroatoms. The van der Waals surface area contributed by atoms with E-state index in [2.05, 4.69) is 26.3 Å². The van der Waals surface area contributed by atoms with E-state index in [1.54, 1.807) is 6.26 Å². The van der Waals surface area contributed by atoms with Crippen molar-refractivity contribution >= 4 is 11.7 Å². The highest BCUT2D eigenvalue weighted by Gasteiger charge is 2.12. The Bertz CT molecular complexity index is 914. The van der Waals surface area contributed by atoms with Crippen molar-refractivity contribution in [3.8, 4) is 11.5 Å². The molecule has 150 valence electrons. The summed E-state index contributed by atoms with van der Waals surface area (Å²) in [6.07, 6.45) is 8.65. The van der Waals surface area contributed by atoms with Crippen LogP contribution >= 0.6 is 0 Å². The van der Waals surface area contributed by atoms with Gasteiger partial charge in [-0.15, -0.1) is 0 Å². The first kappa shape index (κ1) is 19.2. The maximum atomic E-state index is 12.3. The Morgan fingerprint density at radius 1 is 1.03 bits per heavy atom. The first-order valence-electron chi connectivity index (χ1n) is 10.2. The highest BCUT2D eigenvalue weighted by atomic mass is 16.3. The lowest BCUT2D eigenvalue weighted by Gasteiger charge is -2.21. The quantitative estimate of drug-likeness (QED) is 0.689. The normalized spacial score (nSPS) is 14.4. The molecule has 6 nitrogen and oxygen atoms in total. The molecule has 0 unspecified atom stereocenters. The van der Waals surface area contributed by atoms with Gasteiger partial charge in [-0.05, 0) is 36.6 Å². The number of carbonyl (C=O) groups is 1. The summed E-state index contributed by atoms with van der Waals surface area (Å²) in [5.74, 6) is 1.47. The van der Waals surface area contributed by atoms with Gasteiger partial charge >= 0.3 is 0 Å². The van der Waals surface area contributed by atoms with Crippen molar-refractivity contribution in [3.63, 3.8) is 0 Å². The molecule has 29 heavy (non-hydrogen) atoms. The predicted octanol–water partition coefficient (Wildman–Crippen LogP) is 3.98. The molecule has 3 heterocycles. The lowest BCUT2D eigenvalue weighted by molar-refractivity contribution is -0.120. The van der Waals surface area contributed by atoms with E-state index < -0.39 is 0 Å². The summed E-state index contributed by atoms with van der Waals surface area (Å²) >= 11 is 0. The minimum absolute atomic E-state index is 0.0884. The highest BCUT2D eigenvalue weighted by molar-refractivity contribution is 5.78. The van der Waals surface area contributed by atoms with Crippen LogP contribution in [0.5, 0.6) is 0 Å². The molecule has 2 aromatic heterocycles. The van der Waals surface area contributed by atoms with E-state index in [1.165, 1.54) is 25.7 Å². The number of nitrogens with one attached hydrogen (secondary N) is 1. The fourth-order valence-electron chi connectivity index (χ4n) is 3.54. The molecule has 0 bridgehead atoms. The number of rotatable bonds is 6. The molecule has 1 aromatic carbocycles. The van der Waals surface area contributed by atoms with Crippen molar-refractivity contribution in [2.45, 2.75) is 38.6 Å². The van der Waals surface area contributed by atoms with Gasteiger partial charge in [-0.3, -0.25) is 4.79 Å². The molecular weight excluding hydrogens is 364 g/mol. The first-order valence-corrected chi connectivity index (χ1v) is 10.2. The Hall–Kier alpha value is -3.15. The summed E-state index contributed by atoms with van der Waals surface area (Å²) in [7, 11) is 0. The number of oxazole rings is 1. The van der Waals surface area contributed by atoms with Crippen LogP contribution in [0, 0.1) is 0 Å². The summed E-state index contributed by atoms with van der Waals surface area (Å²) < 4.78 is 5.49. The van der Waals surface area contributed by atoms with Crippen LogP contribution in [0.4, 0.5) is 5.82 Å². The van der Waals surface area contributed by atoms with Gasteiger partial charge in [0.25, 0.3) is 0 Å². The van der Waals surface area contributed by atoms with Crippen LogP contribution in [-0.4, -0.2) is 29.0 Å². The van der Waals surface area contributed by atoms with Gasteiger partial charge in [0.15, 0.2) is 0 Å². The molecule has 3 aromatic rings. The van der Waals surface area contributed by atoms with Crippen LogP contribution in [0.2, 0.25) is 0 Å². The zero-order chi connectivity index (χ0) is 19.9. The second-order valence-corrected chi connectivity index (χ2v) is 7.39. The zero-order valence-electron chi connectivity index (χ0n) is 16.5. The summed E-state index contributed by atoms with van der Waals surface area (Å²) in [4.78, 5) is 23.6. The van der Waals surface area contributed by atoms with E-state index in [0.29, 0.717) is 18.1 Å². The van der Waals surface area contributed by atoms with Crippen LogP contribution < -0.4 is 10.2 Å².